The van der Waals surface area contributed by atoms with Crippen LogP contribution < -0.4 is 11.5 Å². The van der Waals surface area contributed by atoms with Crippen LogP contribution in [0.25, 0.3) is 0 Å². The molecule has 0 aliphatic rings. The summed E-state index contributed by atoms with van der Waals surface area (Å²) in [6.07, 6.45) is 0. The molecular weight excluding hydrogens is 145 g/mol. The first-order valence-electron chi connectivity index (χ1n) is 3.00. The minimum absolute atomic E-state index is 0.0826. The smallest absolute Gasteiger partial charge is 0.214 e. The maximum Gasteiger partial charge on any atom is 0.214 e. The average Bonchev–Trinajstić information content (AvgIpc) is 1.85. The van der Waals surface area contributed by atoms with Crippen molar-refractivity contribution >= 4 is 17.3 Å². The Morgan fingerprint density at radius 1 is 1.36 bits per heavy atom. The molecule has 0 saturated carbocycles. The van der Waals surface area contributed by atoms with Crippen LogP contribution in [0, 0.1) is 5.41 Å². The zero-order valence-electron chi connectivity index (χ0n) is 5.76. The summed E-state index contributed by atoms with van der Waals surface area (Å²) < 4.78 is 12.3. The minimum atomic E-state index is -1.04. The van der Waals surface area contributed by atoms with Crippen LogP contribution in [-0.4, -0.2) is 5.97 Å². The van der Waals surface area contributed by atoms with Crippen molar-refractivity contribution in [2.75, 3.05) is 11.5 Å². The van der Waals surface area contributed by atoms with Crippen LogP contribution >= 0.6 is 0 Å². The molecule has 0 saturated heterocycles. The standard InChI is InChI=1S/C7H8FN3/c8-7(11)5-2-1-4(9)3-6(5)10/h1-3,11H,9-10H2. The van der Waals surface area contributed by atoms with Crippen LogP contribution in [0.3, 0.4) is 0 Å². The van der Waals surface area contributed by atoms with Crippen molar-refractivity contribution in [1.29, 1.82) is 5.41 Å². The topological polar surface area (TPSA) is 75.9 Å². The van der Waals surface area contributed by atoms with Crippen molar-refractivity contribution in [3.8, 4) is 0 Å². The van der Waals surface area contributed by atoms with Crippen LogP contribution in [0.2, 0.25) is 0 Å². The lowest BCUT2D eigenvalue weighted by Crippen LogP contribution is -1.99. The maximum atomic E-state index is 12.3. The number of nitrogen functional groups attached to an aromatic ring is 2. The molecule has 1 aromatic rings. The second kappa shape index (κ2) is 2.57. The van der Waals surface area contributed by atoms with E-state index >= 15 is 0 Å². The van der Waals surface area contributed by atoms with Crippen molar-refractivity contribution in [2.24, 2.45) is 0 Å². The molecule has 4 heteroatoms. The fraction of sp³-hybridized carbons (Fsp3) is 0. The first-order valence-corrected chi connectivity index (χ1v) is 3.00. The van der Waals surface area contributed by atoms with Gasteiger partial charge in [0.2, 0.25) is 5.97 Å². The minimum Gasteiger partial charge on any atom is -0.399 e. The summed E-state index contributed by atoms with van der Waals surface area (Å²) in [7, 11) is 0. The van der Waals surface area contributed by atoms with E-state index in [-0.39, 0.29) is 11.3 Å². The molecule has 1 aromatic carbocycles. The zero-order valence-corrected chi connectivity index (χ0v) is 5.76. The Morgan fingerprint density at radius 3 is 2.45 bits per heavy atom. The molecular formula is C7H8FN3. The molecule has 0 fully saturated rings. The lowest BCUT2D eigenvalue weighted by atomic mass is 10.2. The molecule has 0 aromatic heterocycles. The largest absolute Gasteiger partial charge is 0.399 e. The fourth-order valence-corrected chi connectivity index (χ4v) is 0.781. The van der Waals surface area contributed by atoms with E-state index in [2.05, 4.69) is 0 Å². The molecule has 0 aliphatic heterocycles. The highest BCUT2D eigenvalue weighted by Gasteiger charge is 2.03. The summed E-state index contributed by atoms with van der Waals surface area (Å²) >= 11 is 0. The number of nitrogens with one attached hydrogen (secondary N) is 1. The molecule has 0 bridgehead atoms. The first kappa shape index (κ1) is 7.53. The molecule has 0 aliphatic carbocycles. The van der Waals surface area contributed by atoms with E-state index in [1.807, 2.05) is 0 Å². The summed E-state index contributed by atoms with van der Waals surface area (Å²) in [6, 6.07) is 4.30. The van der Waals surface area contributed by atoms with E-state index in [0.717, 1.165) is 0 Å². The molecule has 0 spiro atoms. The quantitative estimate of drug-likeness (QED) is 0.418. The normalized spacial score (nSPS) is 9.55. The van der Waals surface area contributed by atoms with Gasteiger partial charge in [0.15, 0.2) is 0 Å². The lowest BCUT2D eigenvalue weighted by Gasteiger charge is -2.00. The SMILES string of the molecule is N=C(F)c1ccc(N)cc1N. The van der Waals surface area contributed by atoms with E-state index in [1.54, 1.807) is 0 Å². The summed E-state index contributed by atoms with van der Waals surface area (Å²) in [5.74, 6) is -1.04. The van der Waals surface area contributed by atoms with Crippen molar-refractivity contribution in [2.45, 2.75) is 0 Å². The Labute approximate surface area is 63.3 Å². The molecule has 0 radical (unpaired) electrons. The molecule has 0 atom stereocenters. The van der Waals surface area contributed by atoms with Crippen molar-refractivity contribution < 1.29 is 4.39 Å². The van der Waals surface area contributed by atoms with Gasteiger partial charge in [-0.2, -0.15) is 4.39 Å². The molecule has 11 heavy (non-hydrogen) atoms. The van der Waals surface area contributed by atoms with Crippen molar-refractivity contribution in [1.82, 2.24) is 0 Å². The number of nitrogens with two attached hydrogens (primary N) is 2. The third-order valence-corrected chi connectivity index (χ3v) is 1.31. The van der Waals surface area contributed by atoms with Gasteiger partial charge in [-0.15, -0.1) is 0 Å². The Balaban J connectivity index is 3.20. The Morgan fingerprint density at radius 2 is 2.00 bits per heavy atom. The van der Waals surface area contributed by atoms with Crippen LogP contribution in [0.5, 0.6) is 0 Å². The number of benzene rings is 1. The Kier molecular flexibility index (Phi) is 1.76. The van der Waals surface area contributed by atoms with Gasteiger partial charge in [-0.05, 0) is 18.2 Å². The highest BCUT2D eigenvalue weighted by atomic mass is 19.1. The highest BCUT2D eigenvalue weighted by Crippen LogP contribution is 2.16. The zero-order chi connectivity index (χ0) is 8.43. The van der Waals surface area contributed by atoms with E-state index < -0.39 is 5.97 Å². The Bertz CT molecular complexity index is 296. The molecule has 0 amide bonds. The van der Waals surface area contributed by atoms with Gasteiger partial charge in [0.25, 0.3) is 0 Å². The number of anilines is 2. The van der Waals surface area contributed by atoms with Crippen LogP contribution in [0.1, 0.15) is 5.56 Å². The van der Waals surface area contributed by atoms with Crippen LogP contribution in [0.4, 0.5) is 15.8 Å². The highest BCUT2D eigenvalue weighted by molar-refractivity contribution is 5.96. The summed E-state index contributed by atoms with van der Waals surface area (Å²) in [5.41, 5.74) is 11.5. The average molecular weight is 153 g/mol. The third kappa shape index (κ3) is 1.46. The number of rotatable bonds is 1. The molecule has 1 rings (SSSR count). The summed E-state index contributed by atoms with van der Waals surface area (Å²) in [5, 5.41) is 6.66. The van der Waals surface area contributed by atoms with Gasteiger partial charge in [0.05, 0.1) is 5.56 Å². The number of hydrogen-bond acceptors (Lipinski definition) is 3. The summed E-state index contributed by atoms with van der Waals surface area (Å²) in [4.78, 5) is 0. The van der Waals surface area contributed by atoms with E-state index in [4.69, 9.17) is 16.9 Å². The van der Waals surface area contributed by atoms with E-state index in [9.17, 15) is 4.39 Å². The Hall–Kier alpha value is -1.58. The molecule has 5 N–H and O–H groups in total. The van der Waals surface area contributed by atoms with Crippen molar-refractivity contribution in [3.05, 3.63) is 23.8 Å². The first-order chi connectivity index (χ1) is 5.11. The predicted molar refractivity (Wildman–Crippen MR) is 43.2 cm³/mol. The number of hydrogen-bond donors (Lipinski definition) is 3. The molecule has 3 nitrogen and oxygen atoms in total. The molecule has 0 unspecified atom stereocenters. The van der Waals surface area contributed by atoms with Gasteiger partial charge >= 0.3 is 0 Å². The molecule has 58 valence electrons. The number of halogens is 1. The predicted octanol–water partition coefficient (Wildman–Crippen LogP) is 1.15. The second-order valence-corrected chi connectivity index (χ2v) is 2.16. The van der Waals surface area contributed by atoms with Crippen molar-refractivity contribution in [3.63, 3.8) is 0 Å². The monoisotopic (exact) mass is 153 g/mol. The molecule has 0 heterocycles. The second-order valence-electron chi connectivity index (χ2n) is 2.16. The van der Waals surface area contributed by atoms with Gasteiger partial charge in [-0.25, -0.2) is 0 Å². The maximum absolute atomic E-state index is 12.3. The summed E-state index contributed by atoms with van der Waals surface area (Å²) in [6.45, 7) is 0. The van der Waals surface area contributed by atoms with Gasteiger partial charge in [-0.3, -0.25) is 5.41 Å². The van der Waals surface area contributed by atoms with Gasteiger partial charge in [-0.1, -0.05) is 0 Å². The van der Waals surface area contributed by atoms with Crippen LogP contribution in [0.15, 0.2) is 18.2 Å². The van der Waals surface area contributed by atoms with E-state index in [1.165, 1.54) is 18.2 Å². The fourth-order valence-electron chi connectivity index (χ4n) is 0.781. The van der Waals surface area contributed by atoms with Gasteiger partial charge in [0, 0.05) is 11.4 Å². The van der Waals surface area contributed by atoms with Gasteiger partial charge < -0.3 is 11.5 Å². The van der Waals surface area contributed by atoms with Gasteiger partial charge in [0.1, 0.15) is 0 Å². The third-order valence-electron chi connectivity index (χ3n) is 1.31. The van der Waals surface area contributed by atoms with E-state index in [0.29, 0.717) is 5.69 Å². The van der Waals surface area contributed by atoms with Crippen LogP contribution in [-0.2, 0) is 0 Å². The lowest BCUT2D eigenvalue weighted by molar-refractivity contribution is 0.798.